The SMILES string of the molecule is NC(Cc1c[nH]cn1)C(=O)NC(CS)C(=O)O. The lowest BCUT2D eigenvalue weighted by atomic mass is 10.1. The lowest BCUT2D eigenvalue weighted by Crippen LogP contribution is -2.50. The van der Waals surface area contributed by atoms with Gasteiger partial charge >= 0.3 is 5.97 Å². The number of amides is 1. The molecule has 8 heteroatoms. The third-order valence-electron chi connectivity index (χ3n) is 2.12. The van der Waals surface area contributed by atoms with Crippen LogP contribution in [-0.2, 0) is 16.0 Å². The second-order valence-electron chi connectivity index (χ2n) is 3.45. The second-order valence-corrected chi connectivity index (χ2v) is 3.82. The first-order chi connectivity index (χ1) is 8.04. The number of carboxylic acid groups (broad SMARTS) is 1. The number of thiol groups is 1. The summed E-state index contributed by atoms with van der Waals surface area (Å²) in [4.78, 5) is 28.9. The normalized spacial score (nSPS) is 14.0. The number of carbonyl (C=O) groups excluding carboxylic acids is 1. The van der Waals surface area contributed by atoms with E-state index in [1.807, 2.05) is 0 Å². The van der Waals surface area contributed by atoms with Crippen molar-refractivity contribution in [2.45, 2.75) is 18.5 Å². The summed E-state index contributed by atoms with van der Waals surface area (Å²) in [5, 5.41) is 11.0. The van der Waals surface area contributed by atoms with Crippen LogP contribution >= 0.6 is 12.6 Å². The van der Waals surface area contributed by atoms with Crippen molar-refractivity contribution in [1.82, 2.24) is 15.3 Å². The van der Waals surface area contributed by atoms with E-state index in [-0.39, 0.29) is 12.2 Å². The number of imidazole rings is 1. The zero-order valence-electron chi connectivity index (χ0n) is 8.96. The molecule has 0 spiro atoms. The zero-order valence-corrected chi connectivity index (χ0v) is 9.85. The molecule has 0 saturated carbocycles. The van der Waals surface area contributed by atoms with Gasteiger partial charge in [0.25, 0.3) is 0 Å². The molecule has 1 aromatic heterocycles. The van der Waals surface area contributed by atoms with Gasteiger partial charge in [-0.15, -0.1) is 0 Å². The number of carboxylic acids is 1. The number of carbonyl (C=O) groups is 2. The first kappa shape index (κ1) is 13.5. The van der Waals surface area contributed by atoms with Gasteiger partial charge in [0.1, 0.15) is 6.04 Å². The highest BCUT2D eigenvalue weighted by molar-refractivity contribution is 7.80. The number of rotatable bonds is 6. The number of aliphatic carboxylic acids is 1. The highest BCUT2D eigenvalue weighted by atomic mass is 32.1. The van der Waals surface area contributed by atoms with Crippen molar-refractivity contribution in [1.29, 1.82) is 0 Å². The third kappa shape index (κ3) is 4.08. The summed E-state index contributed by atoms with van der Waals surface area (Å²) < 4.78 is 0. The van der Waals surface area contributed by atoms with E-state index < -0.39 is 24.0 Å². The van der Waals surface area contributed by atoms with Gasteiger partial charge in [0.2, 0.25) is 5.91 Å². The Balaban J connectivity index is 2.49. The monoisotopic (exact) mass is 258 g/mol. The summed E-state index contributed by atoms with van der Waals surface area (Å²) in [6, 6.07) is -1.86. The van der Waals surface area contributed by atoms with E-state index in [4.69, 9.17) is 10.8 Å². The molecule has 5 N–H and O–H groups in total. The van der Waals surface area contributed by atoms with Gasteiger partial charge < -0.3 is 21.1 Å². The summed E-state index contributed by atoms with van der Waals surface area (Å²) in [6.07, 6.45) is 3.35. The highest BCUT2D eigenvalue weighted by Crippen LogP contribution is 1.97. The molecule has 2 unspecified atom stereocenters. The molecular formula is C9H14N4O3S. The maximum Gasteiger partial charge on any atom is 0.327 e. The van der Waals surface area contributed by atoms with Crippen LogP contribution < -0.4 is 11.1 Å². The molecule has 1 aromatic rings. The predicted molar refractivity (Wildman–Crippen MR) is 63.7 cm³/mol. The fourth-order valence-electron chi connectivity index (χ4n) is 1.18. The summed E-state index contributed by atoms with van der Waals surface area (Å²) in [5.41, 5.74) is 6.27. The molecule has 0 saturated heterocycles. The quantitative estimate of drug-likeness (QED) is 0.409. The molecule has 0 bridgehead atoms. The number of H-pyrrole nitrogens is 1. The van der Waals surface area contributed by atoms with Crippen molar-refractivity contribution in [3.63, 3.8) is 0 Å². The van der Waals surface area contributed by atoms with Crippen molar-refractivity contribution >= 4 is 24.5 Å². The van der Waals surface area contributed by atoms with Crippen LogP contribution in [0.25, 0.3) is 0 Å². The van der Waals surface area contributed by atoms with Crippen molar-refractivity contribution < 1.29 is 14.7 Å². The van der Waals surface area contributed by atoms with Gasteiger partial charge in [-0.2, -0.15) is 12.6 Å². The molecule has 17 heavy (non-hydrogen) atoms. The van der Waals surface area contributed by atoms with Crippen LogP contribution in [0.4, 0.5) is 0 Å². The van der Waals surface area contributed by atoms with Gasteiger partial charge in [-0.05, 0) is 0 Å². The van der Waals surface area contributed by atoms with Crippen LogP contribution in [0.1, 0.15) is 5.69 Å². The van der Waals surface area contributed by atoms with Gasteiger partial charge in [0, 0.05) is 18.4 Å². The van der Waals surface area contributed by atoms with E-state index in [1.165, 1.54) is 6.33 Å². The summed E-state index contributed by atoms with van der Waals surface area (Å²) in [5.74, 6) is -1.66. The van der Waals surface area contributed by atoms with Crippen molar-refractivity contribution in [3.8, 4) is 0 Å². The van der Waals surface area contributed by atoms with E-state index in [9.17, 15) is 9.59 Å². The van der Waals surface area contributed by atoms with E-state index in [2.05, 4.69) is 27.9 Å². The molecule has 0 aromatic carbocycles. The van der Waals surface area contributed by atoms with Gasteiger partial charge in [-0.25, -0.2) is 9.78 Å². The number of aromatic nitrogens is 2. The Labute approximate surface area is 103 Å². The number of nitrogens with two attached hydrogens (primary N) is 1. The molecule has 1 heterocycles. The van der Waals surface area contributed by atoms with Crippen LogP contribution in [0.3, 0.4) is 0 Å². The van der Waals surface area contributed by atoms with Crippen LogP contribution in [0.15, 0.2) is 12.5 Å². The number of aromatic amines is 1. The van der Waals surface area contributed by atoms with Gasteiger partial charge in [-0.1, -0.05) is 0 Å². The standard InChI is InChI=1S/C9H14N4O3S/c10-6(1-5-2-11-4-12-5)8(14)13-7(3-17)9(15)16/h2,4,6-7,17H,1,3,10H2,(H,11,12)(H,13,14)(H,15,16). The largest absolute Gasteiger partial charge is 0.480 e. The molecule has 0 aliphatic rings. The fourth-order valence-corrected chi connectivity index (χ4v) is 1.43. The highest BCUT2D eigenvalue weighted by Gasteiger charge is 2.22. The molecule has 7 nitrogen and oxygen atoms in total. The van der Waals surface area contributed by atoms with E-state index in [1.54, 1.807) is 6.20 Å². The molecule has 0 fully saturated rings. The molecule has 2 atom stereocenters. The molecule has 1 amide bonds. The van der Waals surface area contributed by atoms with Gasteiger partial charge in [0.05, 0.1) is 18.1 Å². The molecule has 1 rings (SSSR count). The van der Waals surface area contributed by atoms with Crippen LogP contribution in [-0.4, -0.2) is 44.8 Å². The Morgan fingerprint density at radius 1 is 1.65 bits per heavy atom. The maximum atomic E-state index is 11.6. The molecule has 0 aliphatic heterocycles. The minimum Gasteiger partial charge on any atom is -0.480 e. The minimum absolute atomic E-state index is 0.0101. The topological polar surface area (TPSA) is 121 Å². The molecule has 94 valence electrons. The summed E-state index contributed by atoms with van der Waals surface area (Å²) >= 11 is 3.83. The smallest absolute Gasteiger partial charge is 0.327 e. The van der Waals surface area contributed by atoms with Crippen LogP contribution in [0, 0.1) is 0 Å². The lowest BCUT2D eigenvalue weighted by Gasteiger charge is -2.15. The molecule has 0 aliphatic carbocycles. The Morgan fingerprint density at radius 3 is 2.82 bits per heavy atom. The van der Waals surface area contributed by atoms with Crippen molar-refractivity contribution in [3.05, 3.63) is 18.2 Å². The number of nitrogens with zero attached hydrogens (tertiary/aromatic N) is 1. The first-order valence-corrected chi connectivity index (χ1v) is 5.55. The van der Waals surface area contributed by atoms with Crippen molar-refractivity contribution in [2.24, 2.45) is 5.73 Å². The molecular weight excluding hydrogens is 244 g/mol. The number of nitrogens with one attached hydrogen (secondary N) is 2. The summed E-state index contributed by atoms with van der Waals surface area (Å²) in [6.45, 7) is 0. The molecule has 0 radical (unpaired) electrons. The average Bonchev–Trinajstić information content (AvgIpc) is 2.77. The van der Waals surface area contributed by atoms with Crippen molar-refractivity contribution in [2.75, 3.05) is 5.75 Å². The van der Waals surface area contributed by atoms with Crippen LogP contribution in [0.5, 0.6) is 0 Å². The van der Waals surface area contributed by atoms with Gasteiger partial charge in [-0.3, -0.25) is 4.79 Å². The maximum absolute atomic E-state index is 11.6. The number of hydrogen-bond acceptors (Lipinski definition) is 5. The van der Waals surface area contributed by atoms with E-state index >= 15 is 0 Å². The summed E-state index contributed by atoms with van der Waals surface area (Å²) in [7, 11) is 0. The van der Waals surface area contributed by atoms with Crippen LogP contribution in [0.2, 0.25) is 0 Å². The van der Waals surface area contributed by atoms with Gasteiger partial charge in [0.15, 0.2) is 0 Å². The number of hydrogen-bond donors (Lipinski definition) is 5. The second kappa shape index (κ2) is 6.26. The first-order valence-electron chi connectivity index (χ1n) is 4.92. The van der Waals surface area contributed by atoms with E-state index in [0.29, 0.717) is 5.69 Å². The Kier molecular flexibility index (Phi) is 4.98. The lowest BCUT2D eigenvalue weighted by molar-refractivity contribution is -0.141. The average molecular weight is 258 g/mol. The minimum atomic E-state index is -1.14. The Hall–Kier alpha value is -1.54. The predicted octanol–water partition coefficient (Wildman–Crippen LogP) is -1.22. The Morgan fingerprint density at radius 2 is 2.35 bits per heavy atom. The third-order valence-corrected chi connectivity index (χ3v) is 2.48. The fraction of sp³-hybridized carbons (Fsp3) is 0.444. The van der Waals surface area contributed by atoms with E-state index in [0.717, 1.165) is 0 Å². The zero-order chi connectivity index (χ0) is 12.8. The Bertz CT molecular complexity index is 382.